The van der Waals surface area contributed by atoms with Crippen LogP contribution in [0.2, 0.25) is 0 Å². The van der Waals surface area contributed by atoms with Crippen molar-refractivity contribution in [2.75, 3.05) is 17.2 Å². The maximum absolute atomic E-state index is 12.9. The van der Waals surface area contributed by atoms with Crippen molar-refractivity contribution in [2.24, 2.45) is 0 Å². The molecule has 0 saturated heterocycles. The van der Waals surface area contributed by atoms with Crippen molar-refractivity contribution in [3.05, 3.63) is 65.1 Å². The van der Waals surface area contributed by atoms with E-state index in [2.05, 4.69) is 55.5 Å². The number of carbonyl (C=O) groups excluding carboxylic acids is 1. The van der Waals surface area contributed by atoms with Crippen molar-refractivity contribution < 1.29 is 4.79 Å². The van der Waals surface area contributed by atoms with Crippen LogP contribution in [-0.2, 0) is 13.0 Å². The molecular formula is C26H29N7O. The van der Waals surface area contributed by atoms with Gasteiger partial charge in [0.2, 0.25) is 5.95 Å². The lowest BCUT2D eigenvalue weighted by Crippen LogP contribution is -2.26. The summed E-state index contributed by atoms with van der Waals surface area (Å²) in [6.07, 6.45) is 10.1. The molecule has 1 aromatic carbocycles. The molecule has 3 aliphatic rings. The molecule has 0 radical (unpaired) electrons. The summed E-state index contributed by atoms with van der Waals surface area (Å²) in [5, 5.41) is 13.1. The SMILES string of the molecule is O=C(NC1CC1)c1cnc(Nc2ccc3c(c2)CNCC3)nc1Nc1ccnc(C2CCC2)c1. The zero-order valence-corrected chi connectivity index (χ0v) is 19.1. The Balaban J connectivity index is 1.28. The van der Waals surface area contributed by atoms with Crippen molar-refractivity contribution in [2.45, 2.75) is 57.0 Å². The van der Waals surface area contributed by atoms with E-state index in [4.69, 9.17) is 4.98 Å². The monoisotopic (exact) mass is 455 g/mol. The van der Waals surface area contributed by atoms with Gasteiger partial charge in [-0.3, -0.25) is 9.78 Å². The number of rotatable bonds is 7. The minimum atomic E-state index is -0.148. The summed E-state index contributed by atoms with van der Waals surface area (Å²) in [4.78, 5) is 26.6. The first kappa shape index (κ1) is 21.0. The van der Waals surface area contributed by atoms with Crippen molar-refractivity contribution in [3.8, 4) is 0 Å². The molecule has 8 nitrogen and oxygen atoms in total. The number of nitrogens with one attached hydrogen (secondary N) is 4. The lowest BCUT2D eigenvalue weighted by molar-refractivity contribution is 0.0951. The maximum Gasteiger partial charge on any atom is 0.256 e. The van der Waals surface area contributed by atoms with Crippen molar-refractivity contribution in [1.29, 1.82) is 0 Å². The molecule has 8 heteroatoms. The number of hydrogen-bond acceptors (Lipinski definition) is 7. The van der Waals surface area contributed by atoms with Gasteiger partial charge in [-0.2, -0.15) is 4.98 Å². The highest BCUT2D eigenvalue weighted by Gasteiger charge is 2.26. The van der Waals surface area contributed by atoms with E-state index in [0.29, 0.717) is 23.2 Å². The topological polar surface area (TPSA) is 104 Å². The summed E-state index contributed by atoms with van der Waals surface area (Å²) in [6.45, 7) is 1.88. The molecule has 3 heterocycles. The first-order chi connectivity index (χ1) is 16.7. The third-order valence-corrected chi connectivity index (χ3v) is 6.86. The number of anilines is 4. The summed E-state index contributed by atoms with van der Waals surface area (Å²) in [7, 11) is 0. The van der Waals surface area contributed by atoms with Gasteiger partial charge in [0.15, 0.2) is 0 Å². The third kappa shape index (κ3) is 4.59. The summed E-state index contributed by atoms with van der Waals surface area (Å²) in [5.41, 5.74) is 6.00. The zero-order chi connectivity index (χ0) is 22.9. The van der Waals surface area contributed by atoms with E-state index in [0.717, 1.165) is 49.4 Å². The Bertz CT molecular complexity index is 1220. The quantitative estimate of drug-likeness (QED) is 0.424. The molecule has 1 aliphatic heterocycles. The predicted octanol–water partition coefficient (Wildman–Crippen LogP) is 4.16. The van der Waals surface area contributed by atoms with Crippen LogP contribution in [-0.4, -0.2) is 33.4 Å². The highest BCUT2D eigenvalue weighted by molar-refractivity contribution is 5.99. The fraction of sp³-hybridized carbons (Fsp3) is 0.385. The smallest absolute Gasteiger partial charge is 0.256 e. The molecule has 3 aromatic rings. The molecule has 34 heavy (non-hydrogen) atoms. The Labute approximate surface area is 199 Å². The van der Waals surface area contributed by atoms with E-state index < -0.39 is 0 Å². The molecule has 0 atom stereocenters. The van der Waals surface area contributed by atoms with Gasteiger partial charge in [-0.15, -0.1) is 0 Å². The van der Waals surface area contributed by atoms with E-state index in [9.17, 15) is 4.79 Å². The van der Waals surface area contributed by atoms with Crippen LogP contribution in [0.15, 0.2) is 42.7 Å². The van der Waals surface area contributed by atoms with Gasteiger partial charge in [0.05, 0.1) is 0 Å². The number of benzene rings is 1. The molecule has 0 bridgehead atoms. The highest BCUT2D eigenvalue weighted by Crippen LogP contribution is 2.36. The molecule has 2 fully saturated rings. The van der Waals surface area contributed by atoms with Gasteiger partial charge in [-0.1, -0.05) is 12.5 Å². The normalized spacial score (nSPS) is 17.4. The number of nitrogens with zero attached hydrogens (tertiary/aromatic N) is 3. The minimum Gasteiger partial charge on any atom is -0.349 e. The van der Waals surface area contributed by atoms with Gasteiger partial charge >= 0.3 is 0 Å². The number of hydrogen-bond donors (Lipinski definition) is 4. The molecule has 0 unspecified atom stereocenters. The summed E-state index contributed by atoms with van der Waals surface area (Å²) in [6, 6.07) is 10.6. The largest absolute Gasteiger partial charge is 0.349 e. The number of carbonyl (C=O) groups is 1. The van der Waals surface area contributed by atoms with Crippen LogP contribution in [0.25, 0.3) is 0 Å². The first-order valence-corrected chi connectivity index (χ1v) is 12.2. The van der Waals surface area contributed by atoms with Crippen LogP contribution in [0.4, 0.5) is 23.1 Å². The molecule has 2 aromatic heterocycles. The second kappa shape index (κ2) is 9.02. The fourth-order valence-electron chi connectivity index (χ4n) is 4.47. The number of amides is 1. The number of aromatic nitrogens is 3. The molecule has 2 aliphatic carbocycles. The summed E-state index contributed by atoms with van der Waals surface area (Å²) < 4.78 is 0. The second-order valence-electron chi connectivity index (χ2n) is 9.46. The first-order valence-electron chi connectivity index (χ1n) is 12.2. The standard InChI is InChI=1S/C26H29N7O/c34-25(31-19-6-7-19)22-15-29-26(32-20-5-4-16-8-10-27-14-18(16)12-20)33-24(22)30-21-9-11-28-23(13-21)17-2-1-3-17/h4-5,9,11-13,15,17,19,27H,1-3,6-8,10,14H2,(H,31,34)(H2,28,29,30,32,33). The molecular weight excluding hydrogens is 426 g/mol. The molecule has 0 spiro atoms. The van der Waals surface area contributed by atoms with Crippen LogP contribution >= 0.6 is 0 Å². The number of fused-ring (bicyclic) bond motifs is 1. The average Bonchev–Trinajstić information content (AvgIpc) is 3.62. The summed E-state index contributed by atoms with van der Waals surface area (Å²) >= 11 is 0. The second-order valence-corrected chi connectivity index (χ2v) is 9.46. The van der Waals surface area contributed by atoms with Crippen LogP contribution < -0.4 is 21.3 Å². The number of pyridine rings is 1. The highest BCUT2D eigenvalue weighted by atomic mass is 16.1. The molecule has 6 rings (SSSR count). The fourth-order valence-corrected chi connectivity index (χ4v) is 4.47. The molecule has 4 N–H and O–H groups in total. The van der Waals surface area contributed by atoms with Gasteiger partial charge < -0.3 is 21.3 Å². The van der Waals surface area contributed by atoms with E-state index in [1.54, 1.807) is 6.20 Å². The lowest BCUT2D eigenvalue weighted by Gasteiger charge is -2.25. The van der Waals surface area contributed by atoms with Gasteiger partial charge in [0.1, 0.15) is 11.4 Å². The molecule has 1 amide bonds. The Morgan fingerprint density at radius 1 is 0.971 bits per heavy atom. The average molecular weight is 456 g/mol. The van der Waals surface area contributed by atoms with Crippen molar-refractivity contribution >= 4 is 29.0 Å². The zero-order valence-electron chi connectivity index (χ0n) is 19.1. The molecule has 174 valence electrons. The van der Waals surface area contributed by atoms with E-state index in [-0.39, 0.29) is 11.9 Å². The van der Waals surface area contributed by atoms with Crippen LogP contribution in [0.5, 0.6) is 0 Å². The van der Waals surface area contributed by atoms with Crippen LogP contribution in [0.1, 0.15) is 65.2 Å². The van der Waals surface area contributed by atoms with Crippen molar-refractivity contribution in [3.63, 3.8) is 0 Å². The van der Waals surface area contributed by atoms with Crippen LogP contribution in [0, 0.1) is 0 Å². The van der Waals surface area contributed by atoms with Gasteiger partial charge in [-0.05, 0) is 74.0 Å². The predicted molar refractivity (Wildman–Crippen MR) is 132 cm³/mol. The lowest BCUT2D eigenvalue weighted by atomic mass is 9.82. The van der Waals surface area contributed by atoms with Gasteiger partial charge in [0.25, 0.3) is 5.91 Å². The third-order valence-electron chi connectivity index (χ3n) is 6.86. The maximum atomic E-state index is 12.9. The van der Waals surface area contributed by atoms with E-state index >= 15 is 0 Å². The van der Waals surface area contributed by atoms with Gasteiger partial charge in [-0.25, -0.2) is 4.98 Å². The Kier molecular flexibility index (Phi) is 5.58. The van der Waals surface area contributed by atoms with E-state index in [1.165, 1.54) is 30.4 Å². The Morgan fingerprint density at radius 3 is 2.68 bits per heavy atom. The van der Waals surface area contributed by atoms with Gasteiger partial charge in [0, 0.05) is 48.0 Å². The van der Waals surface area contributed by atoms with Crippen molar-refractivity contribution in [1.82, 2.24) is 25.6 Å². The Hall–Kier alpha value is -3.52. The molecule has 2 saturated carbocycles. The van der Waals surface area contributed by atoms with Crippen LogP contribution in [0.3, 0.4) is 0 Å². The summed E-state index contributed by atoms with van der Waals surface area (Å²) in [5.74, 6) is 1.31. The Morgan fingerprint density at radius 2 is 1.85 bits per heavy atom. The van der Waals surface area contributed by atoms with E-state index in [1.807, 2.05) is 12.3 Å². The minimum absolute atomic E-state index is 0.148.